The second-order valence-corrected chi connectivity index (χ2v) is 4.19. The molecule has 1 rings (SSSR count). The lowest BCUT2D eigenvalue weighted by atomic mass is 10.1. The van der Waals surface area contributed by atoms with E-state index < -0.39 is 5.97 Å². The highest BCUT2D eigenvalue weighted by Crippen LogP contribution is 2.23. The summed E-state index contributed by atoms with van der Waals surface area (Å²) in [6, 6.07) is 4.87. The average molecular weight is 306 g/mol. The van der Waals surface area contributed by atoms with Crippen molar-refractivity contribution in [1.29, 1.82) is 0 Å². The number of Topliss-reactive ketones (excluding diaryl/α,β-unsaturated/α-hetero) is 1. The molecule has 0 spiro atoms. The highest BCUT2D eigenvalue weighted by molar-refractivity contribution is 9.10. The first-order chi connectivity index (χ1) is 7.61. The molecule has 0 saturated carbocycles. The second-order valence-electron chi connectivity index (χ2n) is 3.02. The van der Waals surface area contributed by atoms with Crippen LogP contribution in [0.15, 0.2) is 22.7 Å². The van der Waals surface area contributed by atoms with Gasteiger partial charge in [0, 0.05) is 22.3 Å². The fourth-order valence-electron chi connectivity index (χ4n) is 1.24. The van der Waals surface area contributed by atoms with E-state index in [1.807, 2.05) is 0 Å². The lowest BCUT2D eigenvalue weighted by Crippen LogP contribution is -2.07. The zero-order chi connectivity index (χ0) is 12.1. The molecule has 0 heterocycles. The molecule has 0 saturated heterocycles. The van der Waals surface area contributed by atoms with Crippen LogP contribution in [0.1, 0.15) is 27.1 Å². The fourth-order valence-corrected chi connectivity index (χ4v) is 2.05. The molecule has 0 bridgehead atoms. The van der Waals surface area contributed by atoms with Crippen molar-refractivity contribution in [3.05, 3.63) is 33.8 Å². The van der Waals surface area contributed by atoms with E-state index in [0.717, 1.165) is 0 Å². The Labute approximate surface area is 107 Å². The molecule has 0 aliphatic heterocycles. The van der Waals surface area contributed by atoms with Crippen molar-refractivity contribution in [2.45, 2.75) is 6.42 Å². The van der Waals surface area contributed by atoms with Crippen molar-refractivity contribution in [1.82, 2.24) is 0 Å². The number of carbonyl (C=O) groups excluding carboxylic acids is 2. The molecule has 1 aromatic rings. The Balaban J connectivity index is 3.13. The number of ketones is 1. The Hall–Kier alpha value is -0.870. The van der Waals surface area contributed by atoms with Gasteiger partial charge in [-0.3, -0.25) is 4.79 Å². The first kappa shape index (κ1) is 13.2. The summed E-state index contributed by atoms with van der Waals surface area (Å²) in [5.41, 5.74) is 0.784. The minimum Gasteiger partial charge on any atom is -0.465 e. The Morgan fingerprint density at radius 3 is 2.56 bits per heavy atom. The summed E-state index contributed by atoms with van der Waals surface area (Å²) in [5, 5.41) is 0. The first-order valence-corrected chi connectivity index (χ1v) is 5.90. The number of alkyl halides is 1. The molecule has 0 aromatic heterocycles. The van der Waals surface area contributed by atoms with E-state index >= 15 is 0 Å². The molecule has 5 heteroatoms. The highest BCUT2D eigenvalue weighted by Gasteiger charge is 2.16. The van der Waals surface area contributed by atoms with E-state index in [0.29, 0.717) is 15.6 Å². The number of hydrogen-bond acceptors (Lipinski definition) is 3. The molecule has 0 aliphatic carbocycles. The quantitative estimate of drug-likeness (QED) is 0.488. The van der Waals surface area contributed by atoms with Crippen LogP contribution in [-0.4, -0.2) is 24.7 Å². The molecule has 0 N–H and O–H groups in total. The molecule has 1 aromatic carbocycles. The van der Waals surface area contributed by atoms with Crippen LogP contribution in [0.5, 0.6) is 0 Å². The standard InChI is InChI=1S/C11H10BrClO3/c1-16-11(15)8-4-2-3-7(10(8)12)9(14)5-6-13/h2-4H,5-6H2,1H3. The second kappa shape index (κ2) is 6.01. The Kier molecular flexibility index (Phi) is 4.96. The van der Waals surface area contributed by atoms with Gasteiger partial charge in [-0.15, -0.1) is 11.6 Å². The minimum absolute atomic E-state index is 0.104. The van der Waals surface area contributed by atoms with E-state index in [1.54, 1.807) is 18.2 Å². The van der Waals surface area contributed by atoms with Crippen molar-refractivity contribution in [2.75, 3.05) is 13.0 Å². The summed E-state index contributed by atoms with van der Waals surface area (Å²) in [6.07, 6.45) is 0.241. The van der Waals surface area contributed by atoms with E-state index in [-0.39, 0.29) is 18.1 Å². The van der Waals surface area contributed by atoms with Crippen LogP contribution in [-0.2, 0) is 4.74 Å². The number of benzene rings is 1. The average Bonchev–Trinajstić information content (AvgIpc) is 2.28. The fraction of sp³-hybridized carbons (Fsp3) is 0.273. The largest absolute Gasteiger partial charge is 0.465 e. The molecular formula is C11H10BrClO3. The van der Waals surface area contributed by atoms with E-state index in [2.05, 4.69) is 20.7 Å². The van der Waals surface area contributed by atoms with Crippen LogP contribution in [0.25, 0.3) is 0 Å². The molecule has 0 fully saturated rings. The number of halogens is 2. The van der Waals surface area contributed by atoms with E-state index in [9.17, 15) is 9.59 Å². The maximum atomic E-state index is 11.7. The maximum absolute atomic E-state index is 11.7. The summed E-state index contributed by atoms with van der Waals surface area (Å²) in [6.45, 7) is 0. The normalized spacial score (nSPS) is 9.94. The van der Waals surface area contributed by atoms with Crippen LogP contribution in [0, 0.1) is 0 Å². The van der Waals surface area contributed by atoms with Crippen LogP contribution in [0.2, 0.25) is 0 Å². The molecule has 0 radical (unpaired) electrons. The Bertz CT molecular complexity index is 418. The minimum atomic E-state index is -0.479. The number of esters is 1. The van der Waals surface area contributed by atoms with E-state index in [4.69, 9.17) is 11.6 Å². The van der Waals surface area contributed by atoms with Crippen molar-refractivity contribution < 1.29 is 14.3 Å². The van der Waals surface area contributed by atoms with Gasteiger partial charge >= 0.3 is 5.97 Å². The van der Waals surface area contributed by atoms with Crippen LogP contribution in [0.4, 0.5) is 0 Å². The van der Waals surface area contributed by atoms with Crippen molar-refractivity contribution in [3.63, 3.8) is 0 Å². The van der Waals surface area contributed by atoms with Crippen LogP contribution < -0.4 is 0 Å². The van der Waals surface area contributed by atoms with Gasteiger partial charge in [-0.1, -0.05) is 12.1 Å². The van der Waals surface area contributed by atoms with Gasteiger partial charge in [-0.05, 0) is 22.0 Å². The topological polar surface area (TPSA) is 43.4 Å². The predicted octanol–water partition coefficient (Wildman–Crippen LogP) is 3.05. The number of hydrogen-bond donors (Lipinski definition) is 0. The van der Waals surface area contributed by atoms with Gasteiger partial charge < -0.3 is 4.74 Å². The van der Waals surface area contributed by atoms with Gasteiger partial charge in [0.2, 0.25) is 0 Å². The zero-order valence-electron chi connectivity index (χ0n) is 8.63. The van der Waals surface area contributed by atoms with Gasteiger partial charge in [0.05, 0.1) is 12.7 Å². The maximum Gasteiger partial charge on any atom is 0.339 e. The van der Waals surface area contributed by atoms with Crippen molar-refractivity contribution >= 4 is 39.3 Å². The van der Waals surface area contributed by atoms with Gasteiger partial charge in [0.1, 0.15) is 0 Å². The molecule has 16 heavy (non-hydrogen) atoms. The van der Waals surface area contributed by atoms with Gasteiger partial charge in [0.15, 0.2) is 5.78 Å². The number of rotatable bonds is 4. The summed E-state index contributed by atoms with van der Waals surface area (Å²) in [5.74, 6) is -0.326. The molecule has 86 valence electrons. The zero-order valence-corrected chi connectivity index (χ0v) is 11.0. The predicted molar refractivity (Wildman–Crippen MR) is 65.1 cm³/mol. The number of ether oxygens (including phenoxy) is 1. The summed E-state index contributed by atoms with van der Waals surface area (Å²) < 4.78 is 5.06. The monoisotopic (exact) mass is 304 g/mol. The third-order valence-corrected chi connectivity index (χ3v) is 3.07. The molecule has 0 unspecified atom stereocenters. The highest BCUT2D eigenvalue weighted by atomic mass is 79.9. The van der Waals surface area contributed by atoms with Gasteiger partial charge in [-0.2, -0.15) is 0 Å². The van der Waals surface area contributed by atoms with Crippen LogP contribution >= 0.6 is 27.5 Å². The third-order valence-electron chi connectivity index (χ3n) is 2.03. The van der Waals surface area contributed by atoms with Crippen molar-refractivity contribution in [2.24, 2.45) is 0 Å². The Morgan fingerprint density at radius 2 is 2.00 bits per heavy atom. The number of carbonyl (C=O) groups is 2. The summed E-state index contributed by atoms with van der Waals surface area (Å²) in [7, 11) is 1.29. The lowest BCUT2D eigenvalue weighted by molar-refractivity contribution is 0.0599. The molecular weight excluding hydrogens is 295 g/mol. The lowest BCUT2D eigenvalue weighted by Gasteiger charge is -2.06. The molecule has 0 atom stereocenters. The number of methoxy groups -OCH3 is 1. The molecule has 0 aliphatic rings. The summed E-state index contributed by atoms with van der Waals surface area (Å²) >= 11 is 8.73. The van der Waals surface area contributed by atoms with Crippen molar-refractivity contribution in [3.8, 4) is 0 Å². The molecule has 3 nitrogen and oxygen atoms in total. The smallest absolute Gasteiger partial charge is 0.339 e. The van der Waals surface area contributed by atoms with Gasteiger partial charge in [0.25, 0.3) is 0 Å². The van der Waals surface area contributed by atoms with Gasteiger partial charge in [-0.25, -0.2) is 4.79 Å². The molecule has 0 amide bonds. The first-order valence-electron chi connectivity index (χ1n) is 4.57. The van der Waals surface area contributed by atoms with E-state index in [1.165, 1.54) is 7.11 Å². The summed E-state index contributed by atoms with van der Waals surface area (Å²) in [4.78, 5) is 23.0. The SMILES string of the molecule is COC(=O)c1cccc(C(=O)CCCl)c1Br. The Morgan fingerprint density at radius 1 is 1.38 bits per heavy atom. The van der Waals surface area contributed by atoms with Crippen LogP contribution in [0.3, 0.4) is 0 Å². The third kappa shape index (κ3) is 2.83.